The molecular formula is C24H22N2O2. The molecule has 3 aromatic carbocycles. The van der Waals surface area contributed by atoms with Gasteiger partial charge in [-0.25, -0.2) is 0 Å². The van der Waals surface area contributed by atoms with Crippen molar-refractivity contribution in [2.24, 2.45) is 0 Å². The Hall–Kier alpha value is -3.66. The number of benzene rings is 3. The number of likely N-dealkylation sites (N-methyl/N-ethyl adjacent to an activating group) is 1. The third-order valence-corrected chi connectivity index (χ3v) is 4.35. The van der Waals surface area contributed by atoms with E-state index >= 15 is 0 Å². The average Bonchev–Trinajstić information content (AvgIpc) is 2.76. The summed E-state index contributed by atoms with van der Waals surface area (Å²) in [5.74, 6) is -0.418. The maximum absolute atomic E-state index is 12.7. The molecule has 3 aromatic rings. The van der Waals surface area contributed by atoms with Crippen molar-refractivity contribution >= 4 is 23.6 Å². The first-order valence-electron chi connectivity index (χ1n) is 9.07. The molecule has 0 spiro atoms. The lowest BCUT2D eigenvalue weighted by atomic mass is 10.1. The van der Waals surface area contributed by atoms with Gasteiger partial charge < -0.3 is 10.2 Å². The van der Waals surface area contributed by atoms with Gasteiger partial charge >= 0.3 is 0 Å². The van der Waals surface area contributed by atoms with Crippen molar-refractivity contribution in [3.63, 3.8) is 0 Å². The van der Waals surface area contributed by atoms with Gasteiger partial charge in [-0.2, -0.15) is 0 Å². The standard InChI is InChI=1S/C24H22N2O2/c1-26(23(27)17-16-19-10-4-2-5-11-19)22-15-9-8-14-21(22)24(28)25-18-20-12-6-3-7-13-20/h2-17H,18H2,1H3,(H,25,28)/b17-16+. The summed E-state index contributed by atoms with van der Waals surface area (Å²) in [5.41, 5.74) is 2.99. The Bertz CT molecular complexity index is 966. The first-order chi connectivity index (χ1) is 13.6. The molecule has 1 N–H and O–H groups in total. The molecule has 0 aliphatic rings. The minimum Gasteiger partial charge on any atom is -0.348 e. The van der Waals surface area contributed by atoms with Gasteiger partial charge in [0.25, 0.3) is 11.8 Å². The van der Waals surface area contributed by atoms with E-state index in [9.17, 15) is 9.59 Å². The topological polar surface area (TPSA) is 49.4 Å². The van der Waals surface area contributed by atoms with E-state index in [2.05, 4.69) is 5.32 Å². The zero-order chi connectivity index (χ0) is 19.8. The Morgan fingerprint density at radius 1 is 0.857 bits per heavy atom. The van der Waals surface area contributed by atoms with Gasteiger partial charge in [0.15, 0.2) is 0 Å². The van der Waals surface area contributed by atoms with E-state index in [1.807, 2.05) is 66.7 Å². The molecular weight excluding hydrogens is 348 g/mol. The molecule has 0 aromatic heterocycles. The number of hydrogen-bond donors (Lipinski definition) is 1. The summed E-state index contributed by atoms with van der Waals surface area (Å²) in [7, 11) is 1.67. The minimum atomic E-state index is -0.217. The molecule has 0 saturated carbocycles. The van der Waals surface area contributed by atoms with Crippen LogP contribution in [0.15, 0.2) is 91.0 Å². The summed E-state index contributed by atoms with van der Waals surface area (Å²) in [6.07, 6.45) is 3.27. The Labute approximate surface area is 165 Å². The van der Waals surface area contributed by atoms with E-state index in [-0.39, 0.29) is 11.8 Å². The summed E-state index contributed by atoms with van der Waals surface area (Å²) in [6, 6.07) is 26.4. The Morgan fingerprint density at radius 2 is 1.46 bits per heavy atom. The van der Waals surface area contributed by atoms with Gasteiger partial charge in [0.05, 0.1) is 11.3 Å². The Balaban J connectivity index is 1.72. The van der Waals surface area contributed by atoms with Crippen molar-refractivity contribution in [3.05, 3.63) is 108 Å². The lowest BCUT2D eigenvalue weighted by molar-refractivity contribution is -0.113. The number of rotatable bonds is 6. The van der Waals surface area contributed by atoms with Crippen LogP contribution in [0, 0.1) is 0 Å². The average molecular weight is 370 g/mol. The van der Waals surface area contributed by atoms with Crippen LogP contribution in [0.3, 0.4) is 0 Å². The Kier molecular flexibility index (Phi) is 6.37. The molecule has 0 bridgehead atoms. The predicted molar refractivity (Wildman–Crippen MR) is 113 cm³/mol. The molecule has 0 unspecified atom stereocenters. The number of amides is 2. The summed E-state index contributed by atoms with van der Waals surface area (Å²) in [6.45, 7) is 0.430. The number of para-hydroxylation sites is 1. The zero-order valence-electron chi connectivity index (χ0n) is 15.7. The van der Waals surface area contributed by atoms with Crippen LogP contribution in [0.2, 0.25) is 0 Å². The van der Waals surface area contributed by atoms with Crippen molar-refractivity contribution in [2.45, 2.75) is 6.54 Å². The third-order valence-electron chi connectivity index (χ3n) is 4.35. The molecule has 0 heterocycles. The van der Waals surface area contributed by atoms with Crippen LogP contribution in [0.4, 0.5) is 5.69 Å². The maximum Gasteiger partial charge on any atom is 0.253 e. The largest absolute Gasteiger partial charge is 0.348 e. The SMILES string of the molecule is CN(C(=O)/C=C/c1ccccc1)c1ccccc1C(=O)NCc1ccccc1. The van der Waals surface area contributed by atoms with Gasteiger partial charge in [0.1, 0.15) is 0 Å². The zero-order valence-corrected chi connectivity index (χ0v) is 15.7. The number of nitrogens with zero attached hydrogens (tertiary/aromatic N) is 1. The summed E-state index contributed by atoms with van der Waals surface area (Å²) >= 11 is 0. The molecule has 28 heavy (non-hydrogen) atoms. The second-order valence-electron chi connectivity index (χ2n) is 6.33. The van der Waals surface area contributed by atoms with E-state index in [4.69, 9.17) is 0 Å². The van der Waals surface area contributed by atoms with E-state index in [1.54, 1.807) is 31.3 Å². The lowest BCUT2D eigenvalue weighted by Gasteiger charge is -2.19. The molecule has 4 nitrogen and oxygen atoms in total. The van der Waals surface area contributed by atoms with Crippen LogP contribution in [0.25, 0.3) is 6.08 Å². The number of anilines is 1. The van der Waals surface area contributed by atoms with Crippen LogP contribution < -0.4 is 10.2 Å². The molecule has 3 rings (SSSR count). The molecule has 4 heteroatoms. The second kappa shape index (κ2) is 9.33. The van der Waals surface area contributed by atoms with Crippen LogP contribution in [0.1, 0.15) is 21.5 Å². The van der Waals surface area contributed by atoms with E-state index in [1.165, 1.54) is 11.0 Å². The summed E-state index contributed by atoms with van der Waals surface area (Å²) < 4.78 is 0. The van der Waals surface area contributed by atoms with Gasteiger partial charge in [-0.05, 0) is 29.3 Å². The summed E-state index contributed by atoms with van der Waals surface area (Å²) in [5, 5.41) is 2.91. The Morgan fingerprint density at radius 3 is 2.18 bits per heavy atom. The van der Waals surface area contributed by atoms with Crippen molar-refractivity contribution in [3.8, 4) is 0 Å². The van der Waals surface area contributed by atoms with Gasteiger partial charge in [-0.1, -0.05) is 72.8 Å². The van der Waals surface area contributed by atoms with Crippen LogP contribution >= 0.6 is 0 Å². The molecule has 0 aliphatic carbocycles. The van der Waals surface area contributed by atoms with E-state index < -0.39 is 0 Å². The van der Waals surface area contributed by atoms with Gasteiger partial charge in [-0.3, -0.25) is 9.59 Å². The van der Waals surface area contributed by atoms with Gasteiger partial charge in [0, 0.05) is 19.7 Å². The highest BCUT2D eigenvalue weighted by Crippen LogP contribution is 2.20. The monoisotopic (exact) mass is 370 g/mol. The van der Waals surface area contributed by atoms with Crippen molar-refractivity contribution in [1.29, 1.82) is 0 Å². The molecule has 0 aliphatic heterocycles. The number of nitrogens with one attached hydrogen (secondary N) is 1. The van der Waals surface area contributed by atoms with E-state index in [0.717, 1.165) is 11.1 Å². The van der Waals surface area contributed by atoms with Crippen molar-refractivity contribution in [2.75, 3.05) is 11.9 Å². The molecule has 140 valence electrons. The van der Waals surface area contributed by atoms with Crippen molar-refractivity contribution in [1.82, 2.24) is 5.32 Å². The lowest BCUT2D eigenvalue weighted by Crippen LogP contribution is -2.29. The van der Waals surface area contributed by atoms with Crippen LogP contribution in [0.5, 0.6) is 0 Å². The van der Waals surface area contributed by atoms with E-state index in [0.29, 0.717) is 17.8 Å². The van der Waals surface area contributed by atoms with Crippen molar-refractivity contribution < 1.29 is 9.59 Å². The predicted octanol–water partition coefficient (Wildman–Crippen LogP) is 4.29. The number of carbonyl (C=O) groups is 2. The molecule has 0 radical (unpaired) electrons. The fourth-order valence-corrected chi connectivity index (χ4v) is 2.79. The molecule has 0 atom stereocenters. The molecule has 0 fully saturated rings. The second-order valence-corrected chi connectivity index (χ2v) is 6.33. The third kappa shape index (κ3) is 4.95. The quantitative estimate of drug-likeness (QED) is 0.658. The highest BCUT2D eigenvalue weighted by atomic mass is 16.2. The fraction of sp³-hybridized carbons (Fsp3) is 0.0833. The van der Waals surface area contributed by atoms with Gasteiger partial charge in [-0.15, -0.1) is 0 Å². The first-order valence-corrected chi connectivity index (χ1v) is 9.07. The molecule has 0 saturated heterocycles. The number of carbonyl (C=O) groups excluding carboxylic acids is 2. The van der Waals surface area contributed by atoms with Crippen LogP contribution in [-0.4, -0.2) is 18.9 Å². The summed E-state index contributed by atoms with van der Waals surface area (Å²) in [4.78, 5) is 26.7. The fourth-order valence-electron chi connectivity index (χ4n) is 2.79. The molecule has 2 amide bonds. The highest BCUT2D eigenvalue weighted by Gasteiger charge is 2.16. The maximum atomic E-state index is 12.7. The normalized spacial score (nSPS) is 10.6. The van der Waals surface area contributed by atoms with Crippen LogP contribution in [-0.2, 0) is 11.3 Å². The first kappa shape index (κ1) is 19.1. The highest BCUT2D eigenvalue weighted by molar-refractivity contribution is 6.08. The van der Waals surface area contributed by atoms with Gasteiger partial charge in [0.2, 0.25) is 0 Å². The smallest absolute Gasteiger partial charge is 0.253 e. The minimum absolute atomic E-state index is 0.202. The number of hydrogen-bond acceptors (Lipinski definition) is 2.